The fraction of sp³-hybridized carbons (Fsp3) is 0.158. The predicted octanol–water partition coefficient (Wildman–Crippen LogP) is 3.08. The van der Waals surface area contributed by atoms with Crippen molar-refractivity contribution in [3.05, 3.63) is 64.4 Å². The minimum absolute atomic E-state index is 0.0945. The topological polar surface area (TPSA) is 73.9 Å². The first-order chi connectivity index (χ1) is 13.0. The lowest BCUT2D eigenvalue weighted by molar-refractivity contribution is -0.143. The molecule has 3 rings (SSSR count). The molecule has 27 heavy (non-hydrogen) atoms. The Kier molecular flexibility index (Phi) is 5.93. The smallest absolute Gasteiger partial charge is 0.331 e. The SMILES string of the molecule is O=C(COC(=O)/C=C/c1cc(Cl)c2c(c1)OCO2)NCc1ccc(F)cc1. The van der Waals surface area contributed by atoms with Gasteiger partial charge in [-0.1, -0.05) is 23.7 Å². The van der Waals surface area contributed by atoms with Gasteiger partial charge < -0.3 is 19.5 Å². The number of benzene rings is 2. The van der Waals surface area contributed by atoms with Crippen molar-refractivity contribution in [1.29, 1.82) is 0 Å². The molecule has 0 atom stereocenters. The van der Waals surface area contributed by atoms with E-state index in [0.717, 1.165) is 5.56 Å². The van der Waals surface area contributed by atoms with Gasteiger partial charge in [0.15, 0.2) is 18.1 Å². The molecule has 0 aliphatic carbocycles. The number of rotatable bonds is 6. The molecular weight excluding hydrogens is 377 g/mol. The number of hydrogen-bond donors (Lipinski definition) is 1. The first kappa shape index (κ1) is 18.7. The van der Waals surface area contributed by atoms with Crippen LogP contribution in [-0.4, -0.2) is 25.3 Å². The van der Waals surface area contributed by atoms with Crippen LogP contribution in [0.2, 0.25) is 5.02 Å². The molecule has 6 nitrogen and oxygen atoms in total. The third kappa shape index (κ3) is 5.21. The van der Waals surface area contributed by atoms with E-state index in [1.54, 1.807) is 24.3 Å². The average molecular weight is 392 g/mol. The van der Waals surface area contributed by atoms with Crippen LogP contribution in [-0.2, 0) is 20.9 Å². The number of nitrogens with one attached hydrogen (secondary N) is 1. The normalized spacial score (nSPS) is 12.2. The van der Waals surface area contributed by atoms with E-state index in [1.165, 1.54) is 24.3 Å². The van der Waals surface area contributed by atoms with Gasteiger partial charge in [-0.15, -0.1) is 0 Å². The number of esters is 1. The molecule has 1 N–H and O–H groups in total. The summed E-state index contributed by atoms with van der Waals surface area (Å²) in [6.45, 7) is -0.119. The van der Waals surface area contributed by atoms with E-state index in [9.17, 15) is 14.0 Å². The van der Waals surface area contributed by atoms with Crippen molar-refractivity contribution in [1.82, 2.24) is 5.32 Å². The molecule has 1 aliphatic heterocycles. The summed E-state index contributed by atoms with van der Waals surface area (Å²) in [7, 11) is 0. The van der Waals surface area contributed by atoms with Gasteiger partial charge in [0.25, 0.3) is 5.91 Å². The van der Waals surface area contributed by atoms with Gasteiger partial charge >= 0.3 is 5.97 Å². The fourth-order valence-electron chi connectivity index (χ4n) is 2.29. The van der Waals surface area contributed by atoms with Gasteiger partial charge in [0.1, 0.15) is 5.82 Å². The molecule has 1 heterocycles. The summed E-state index contributed by atoms with van der Waals surface area (Å²) in [6, 6.07) is 9.01. The molecule has 2 aromatic rings. The maximum Gasteiger partial charge on any atom is 0.331 e. The zero-order valence-electron chi connectivity index (χ0n) is 14.0. The number of carbonyl (C=O) groups is 2. The zero-order chi connectivity index (χ0) is 19.2. The van der Waals surface area contributed by atoms with Crippen molar-refractivity contribution in [3.63, 3.8) is 0 Å². The summed E-state index contributed by atoms with van der Waals surface area (Å²) < 4.78 is 28.1. The van der Waals surface area contributed by atoms with Gasteiger partial charge in [-0.25, -0.2) is 9.18 Å². The Labute approximate surface area is 159 Å². The summed E-state index contributed by atoms with van der Waals surface area (Å²) in [5, 5.41) is 2.95. The van der Waals surface area contributed by atoms with Gasteiger partial charge in [-0.3, -0.25) is 4.79 Å². The minimum Gasteiger partial charge on any atom is -0.454 e. The maximum absolute atomic E-state index is 12.8. The molecule has 8 heteroatoms. The van der Waals surface area contributed by atoms with Crippen molar-refractivity contribution < 1.29 is 28.2 Å². The largest absolute Gasteiger partial charge is 0.454 e. The van der Waals surface area contributed by atoms with E-state index in [4.69, 9.17) is 25.8 Å². The number of hydrogen-bond acceptors (Lipinski definition) is 5. The van der Waals surface area contributed by atoms with E-state index in [0.29, 0.717) is 22.1 Å². The van der Waals surface area contributed by atoms with Crippen LogP contribution in [0, 0.1) is 5.82 Å². The molecule has 0 fully saturated rings. The Morgan fingerprint density at radius 1 is 1.22 bits per heavy atom. The van der Waals surface area contributed by atoms with E-state index in [1.807, 2.05) is 0 Å². The highest BCUT2D eigenvalue weighted by molar-refractivity contribution is 6.32. The molecule has 2 aromatic carbocycles. The van der Waals surface area contributed by atoms with Crippen molar-refractivity contribution in [2.45, 2.75) is 6.54 Å². The molecular formula is C19H15ClFNO5. The lowest BCUT2D eigenvalue weighted by atomic mass is 10.2. The van der Waals surface area contributed by atoms with Gasteiger partial charge in [-0.05, 0) is 41.5 Å². The highest BCUT2D eigenvalue weighted by Gasteiger charge is 2.17. The van der Waals surface area contributed by atoms with Crippen LogP contribution in [0.15, 0.2) is 42.5 Å². The van der Waals surface area contributed by atoms with Gasteiger partial charge in [0.2, 0.25) is 6.79 Å². The zero-order valence-corrected chi connectivity index (χ0v) is 14.8. The number of fused-ring (bicyclic) bond motifs is 1. The molecule has 0 aromatic heterocycles. The van der Waals surface area contributed by atoms with Gasteiger partial charge in [0.05, 0.1) is 5.02 Å². The maximum atomic E-state index is 12.8. The van der Waals surface area contributed by atoms with Crippen molar-refractivity contribution in [2.75, 3.05) is 13.4 Å². The van der Waals surface area contributed by atoms with Crippen LogP contribution in [0.25, 0.3) is 6.08 Å². The highest BCUT2D eigenvalue weighted by atomic mass is 35.5. The summed E-state index contributed by atoms with van der Waals surface area (Å²) in [6.07, 6.45) is 2.67. The summed E-state index contributed by atoms with van der Waals surface area (Å²) in [4.78, 5) is 23.4. The molecule has 0 saturated carbocycles. The molecule has 0 spiro atoms. The highest BCUT2D eigenvalue weighted by Crippen LogP contribution is 2.40. The molecule has 140 valence electrons. The second-order valence-electron chi connectivity index (χ2n) is 5.58. The average Bonchev–Trinajstić information content (AvgIpc) is 3.13. The summed E-state index contributed by atoms with van der Waals surface area (Å²) >= 11 is 6.06. The van der Waals surface area contributed by atoms with Crippen LogP contribution in [0.1, 0.15) is 11.1 Å². The number of ether oxygens (including phenoxy) is 3. The molecule has 0 radical (unpaired) electrons. The number of halogens is 2. The Bertz CT molecular complexity index is 882. The monoisotopic (exact) mass is 391 g/mol. The van der Waals surface area contributed by atoms with Gasteiger partial charge in [-0.2, -0.15) is 0 Å². The van der Waals surface area contributed by atoms with E-state index in [2.05, 4.69) is 5.32 Å². The van der Waals surface area contributed by atoms with Crippen molar-refractivity contribution in [2.24, 2.45) is 0 Å². The first-order valence-corrected chi connectivity index (χ1v) is 8.34. The van der Waals surface area contributed by atoms with Crippen LogP contribution in [0.5, 0.6) is 11.5 Å². The third-order valence-corrected chi connectivity index (χ3v) is 3.89. The first-order valence-electron chi connectivity index (χ1n) is 7.96. The van der Waals surface area contributed by atoms with Crippen LogP contribution >= 0.6 is 11.6 Å². The Morgan fingerprint density at radius 2 is 2.00 bits per heavy atom. The second kappa shape index (κ2) is 8.55. The van der Waals surface area contributed by atoms with Crippen molar-refractivity contribution >= 4 is 29.6 Å². The summed E-state index contributed by atoms with van der Waals surface area (Å²) in [5.74, 6) is -0.535. The number of amides is 1. The van der Waals surface area contributed by atoms with Gasteiger partial charge in [0, 0.05) is 12.6 Å². The van der Waals surface area contributed by atoms with E-state index in [-0.39, 0.29) is 19.2 Å². The van der Waals surface area contributed by atoms with Crippen LogP contribution in [0.3, 0.4) is 0 Å². The lowest BCUT2D eigenvalue weighted by Gasteiger charge is -2.05. The predicted molar refractivity (Wildman–Crippen MR) is 95.8 cm³/mol. The molecule has 0 saturated heterocycles. The fourth-order valence-corrected chi connectivity index (χ4v) is 2.56. The molecule has 0 unspecified atom stereocenters. The summed E-state index contributed by atoms with van der Waals surface area (Å²) in [5.41, 5.74) is 1.36. The van der Waals surface area contributed by atoms with Crippen LogP contribution < -0.4 is 14.8 Å². The van der Waals surface area contributed by atoms with E-state index < -0.39 is 18.5 Å². The molecule has 1 aliphatic rings. The van der Waals surface area contributed by atoms with Crippen molar-refractivity contribution in [3.8, 4) is 11.5 Å². The van der Waals surface area contributed by atoms with Crippen LogP contribution in [0.4, 0.5) is 4.39 Å². The number of carbonyl (C=O) groups excluding carboxylic acids is 2. The second-order valence-corrected chi connectivity index (χ2v) is 5.99. The Balaban J connectivity index is 1.45. The minimum atomic E-state index is -0.680. The molecule has 0 bridgehead atoms. The Morgan fingerprint density at radius 3 is 2.78 bits per heavy atom. The quantitative estimate of drug-likeness (QED) is 0.605. The Hall–Kier alpha value is -3.06. The molecule has 1 amide bonds. The standard InChI is InChI=1S/C19H15ClFNO5/c20-15-7-13(8-16-19(15)27-11-26-16)3-6-18(24)25-10-17(23)22-9-12-1-4-14(21)5-2-12/h1-8H,9-11H2,(H,22,23)/b6-3+. The third-order valence-electron chi connectivity index (χ3n) is 3.61. The lowest BCUT2D eigenvalue weighted by Crippen LogP contribution is -2.28. The van der Waals surface area contributed by atoms with E-state index >= 15 is 0 Å².